The number of anilines is 1. The molecule has 4 N–H and O–H groups in total. The molecular formula is C17H20N2O2S. The van der Waals surface area contributed by atoms with Crippen molar-refractivity contribution in [3.8, 4) is 11.5 Å². The van der Waals surface area contributed by atoms with Gasteiger partial charge in [0.1, 0.15) is 0 Å². The average molecular weight is 316 g/mol. The fourth-order valence-corrected chi connectivity index (χ4v) is 2.31. The van der Waals surface area contributed by atoms with Gasteiger partial charge in [-0.2, -0.15) is 0 Å². The molecule has 0 saturated heterocycles. The maximum Gasteiger partial charge on any atom is 0.170 e. The van der Waals surface area contributed by atoms with E-state index in [0.717, 1.165) is 11.3 Å². The van der Waals surface area contributed by atoms with Gasteiger partial charge < -0.3 is 20.8 Å². The predicted molar refractivity (Wildman–Crippen MR) is 93.6 cm³/mol. The first-order valence-electron chi connectivity index (χ1n) is 7.09. The van der Waals surface area contributed by atoms with E-state index in [2.05, 4.69) is 30.5 Å². The number of benzene rings is 2. The molecular weight excluding hydrogens is 296 g/mol. The Kier molecular flexibility index (Phi) is 5.22. The molecule has 0 heterocycles. The Balaban J connectivity index is 1.85. The number of aryl methyl sites for hydroxylation is 1. The van der Waals surface area contributed by atoms with Crippen LogP contribution >= 0.6 is 12.2 Å². The molecule has 0 fully saturated rings. The third-order valence-corrected chi connectivity index (χ3v) is 3.84. The second kappa shape index (κ2) is 7.13. The number of hydrogen-bond acceptors (Lipinski definition) is 3. The van der Waals surface area contributed by atoms with Crippen LogP contribution in [0.4, 0.5) is 5.69 Å². The number of hydrogen-bond donors (Lipinski definition) is 4. The third kappa shape index (κ3) is 4.11. The van der Waals surface area contributed by atoms with Crippen LogP contribution in [0, 0.1) is 13.8 Å². The molecule has 0 bridgehead atoms. The Bertz CT molecular complexity index is 686. The first kappa shape index (κ1) is 16.1. The van der Waals surface area contributed by atoms with Crippen LogP contribution in [0.3, 0.4) is 0 Å². The van der Waals surface area contributed by atoms with Gasteiger partial charge >= 0.3 is 0 Å². The zero-order valence-electron chi connectivity index (χ0n) is 12.7. The molecule has 0 aliphatic rings. The van der Waals surface area contributed by atoms with Gasteiger partial charge in [-0.15, -0.1) is 0 Å². The Morgan fingerprint density at radius 1 is 1.09 bits per heavy atom. The molecule has 116 valence electrons. The molecule has 0 saturated carbocycles. The van der Waals surface area contributed by atoms with Crippen LogP contribution in [-0.4, -0.2) is 21.9 Å². The van der Waals surface area contributed by atoms with Gasteiger partial charge in [0.15, 0.2) is 16.6 Å². The summed E-state index contributed by atoms with van der Waals surface area (Å²) >= 11 is 5.29. The molecule has 0 amide bonds. The second-order valence-corrected chi connectivity index (χ2v) is 5.61. The molecule has 2 aromatic rings. The van der Waals surface area contributed by atoms with E-state index in [1.165, 1.54) is 17.2 Å². The minimum atomic E-state index is -0.108. The zero-order valence-corrected chi connectivity index (χ0v) is 13.5. The standard InChI is InChI=1S/C17H20N2O2S/c1-11-4-3-5-14(12(11)2)19-17(22)18-9-8-13-6-7-15(20)16(21)10-13/h3-7,10,20-21H,8-9H2,1-2H3,(H2,18,19,22). The summed E-state index contributed by atoms with van der Waals surface area (Å²) < 4.78 is 0. The normalized spacial score (nSPS) is 10.3. The van der Waals surface area contributed by atoms with Crippen LogP contribution in [0.15, 0.2) is 36.4 Å². The lowest BCUT2D eigenvalue weighted by Gasteiger charge is -2.13. The van der Waals surface area contributed by atoms with E-state index in [-0.39, 0.29) is 11.5 Å². The quantitative estimate of drug-likeness (QED) is 0.515. The topological polar surface area (TPSA) is 64.5 Å². The maximum absolute atomic E-state index is 9.45. The monoisotopic (exact) mass is 316 g/mol. The van der Waals surface area contributed by atoms with Gasteiger partial charge in [-0.05, 0) is 67.4 Å². The van der Waals surface area contributed by atoms with E-state index in [1.807, 2.05) is 12.1 Å². The molecule has 0 aliphatic carbocycles. The van der Waals surface area contributed by atoms with Crippen LogP contribution in [0.25, 0.3) is 0 Å². The van der Waals surface area contributed by atoms with Gasteiger partial charge in [-0.3, -0.25) is 0 Å². The fraction of sp³-hybridized carbons (Fsp3) is 0.235. The SMILES string of the molecule is Cc1cccc(NC(=S)NCCc2ccc(O)c(O)c2)c1C. The number of aromatic hydroxyl groups is 2. The van der Waals surface area contributed by atoms with Crippen molar-refractivity contribution >= 4 is 23.0 Å². The highest BCUT2D eigenvalue weighted by atomic mass is 32.1. The highest BCUT2D eigenvalue weighted by Gasteiger charge is 2.04. The van der Waals surface area contributed by atoms with Crippen LogP contribution in [0.1, 0.15) is 16.7 Å². The van der Waals surface area contributed by atoms with Gasteiger partial charge in [0.2, 0.25) is 0 Å². The molecule has 0 unspecified atom stereocenters. The highest BCUT2D eigenvalue weighted by molar-refractivity contribution is 7.80. The van der Waals surface area contributed by atoms with E-state index in [4.69, 9.17) is 12.2 Å². The Labute approximate surface area is 135 Å². The van der Waals surface area contributed by atoms with Gasteiger partial charge in [-0.25, -0.2) is 0 Å². The summed E-state index contributed by atoms with van der Waals surface area (Å²) in [6, 6.07) is 10.9. The van der Waals surface area contributed by atoms with Crippen molar-refractivity contribution in [1.82, 2.24) is 5.32 Å². The largest absolute Gasteiger partial charge is 0.504 e. The Morgan fingerprint density at radius 3 is 2.59 bits per heavy atom. The number of nitrogens with one attached hydrogen (secondary N) is 2. The van der Waals surface area contributed by atoms with Gasteiger partial charge in [0.05, 0.1) is 0 Å². The van der Waals surface area contributed by atoms with Crippen LogP contribution < -0.4 is 10.6 Å². The van der Waals surface area contributed by atoms with E-state index in [1.54, 1.807) is 12.1 Å². The minimum absolute atomic E-state index is 0.103. The van der Waals surface area contributed by atoms with Crippen molar-refractivity contribution in [2.45, 2.75) is 20.3 Å². The summed E-state index contributed by atoms with van der Waals surface area (Å²) in [6.45, 7) is 4.76. The van der Waals surface area contributed by atoms with Gasteiger partial charge in [0.25, 0.3) is 0 Å². The summed E-state index contributed by atoms with van der Waals surface area (Å²) in [7, 11) is 0. The van der Waals surface area contributed by atoms with Crippen LogP contribution in [-0.2, 0) is 6.42 Å². The van der Waals surface area contributed by atoms with Crippen molar-refractivity contribution in [3.63, 3.8) is 0 Å². The lowest BCUT2D eigenvalue weighted by atomic mass is 10.1. The predicted octanol–water partition coefficient (Wildman–Crippen LogP) is 3.24. The number of thiocarbonyl (C=S) groups is 1. The molecule has 0 aromatic heterocycles. The second-order valence-electron chi connectivity index (χ2n) is 5.20. The fourth-order valence-electron chi connectivity index (χ4n) is 2.10. The molecule has 2 rings (SSSR count). The molecule has 2 aromatic carbocycles. The van der Waals surface area contributed by atoms with Gasteiger partial charge in [-0.1, -0.05) is 18.2 Å². The van der Waals surface area contributed by atoms with Crippen molar-refractivity contribution < 1.29 is 10.2 Å². The van der Waals surface area contributed by atoms with Crippen molar-refractivity contribution in [3.05, 3.63) is 53.1 Å². The lowest BCUT2D eigenvalue weighted by molar-refractivity contribution is 0.403. The lowest BCUT2D eigenvalue weighted by Crippen LogP contribution is -2.30. The van der Waals surface area contributed by atoms with Crippen molar-refractivity contribution in [1.29, 1.82) is 0 Å². The number of phenolic OH excluding ortho intramolecular Hbond substituents is 2. The Hall–Kier alpha value is -2.27. The van der Waals surface area contributed by atoms with E-state index in [9.17, 15) is 10.2 Å². The molecule has 5 heteroatoms. The molecule has 4 nitrogen and oxygen atoms in total. The maximum atomic E-state index is 9.45. The van der Waals surface area contributed by atoms with E-state index >= 15 is 0 Å². The molecule has 0 radical (unpaired) electrons. The highest BCUT2D eigenvalue weighted by Crippen LogP contribution is 2.24. The Morgan fingerprint density at radius 2 is 1.86 bits per heavy atom. The zero-order chi connectivity index (χ0) is 16.1. The summed E-state index contributed by atoms with van der Waals surface area (Å²) in [4.78, 5) is 0. The van der Waals surface area contributed by atoms with E-state index in [0.29, 0.717) is 18.1 Å². The average Bonchev–Trinajstić information content (AvgIpc) is 2.48. The summed E-state index contributed by atoms with van der Waals surface area (Å²) in [6.07, 6.45) is 0.697. The molecule has 0 aliphatic heterocycles. The van der Waals surface area contributed by atoms with Crippen LogP contribution in [0.5, 0.6) is 11.5 Å². The summed E-state index contributed by atoms with van der Waals surface area (Å²) in [5.74, 6) is -0.211. The molecule has 0 spiro atoms. The molecule has 0 atom stereocenters. The number of phenols is 2. The third-order valence-electron chi connectivity index (χ3n) is 3.59. The summed E-state index contributed by atoms with van der Waals surface area (Å²) in [5, 5.41) is 25.6. The number of rotatable bonds is 4. The molecule has 22 heavy (non-hydrogen) atoms. The summed E-state index contributed by atoms with van der Waals surface area (Å²) in [5.41, 5.74) is 4.32. The van der Waals surface area contributed by atoms with E-state index < -0.39 is 0 Å². The van der Waals surface area contributed by atoms with Crippen molar-refractivity contribution in [2.24, 2.45) is 0 Å². The van der Waals surface area contributed by atoms with Crippen LogP contribution in [0.2, 0.25) is 0 Å². The van der Waals surface area contributed by atoms with Crippen molar-refractivity contribution in [2.75, 3.05) is 11.9 Å². The smallest absolute Gasteiger partial charge is 0.170 e. The first-order valence-corrected chi connectivity index (χ1v) is 7.50. The first-order chi connectivity index (χ1) is 10.5. The minimum Gasteiger partial charge on any atom is -0.504 e. The van der Waals surface area contributed by atoms with Gasteiger partial charge in [0, 0.05) is 12.2 Å².